The van der Waals surface area contributed by atoms with Crippen LogP contribution in [0.25, 0.3) is 11.0 Å². The first-order valence-corrected chi connectivity index (χ1v) is 5.53. The minimum absolute atomic E-state index is 0.112. The quantitative estimate of drug-likeness (QED) is 0.621. The van der Waals surface area contributed by atoms with Crippen LogP contribution in [0.5, 0.6) is 0 Å². The molecule has 1 aromatic heterocycles. The van der Waals surface area contributed by atoms with Gasteiger partial charge in [0, 0.05) is 25.7 Å². The Hall–Kier alpha value is -2.22. The van der Waals surface area contributed by atoms with Crippen molar-refractivity contribution >= 4 is 22.4 Å². The van der Waals surface area contributed by atoms with Gasteiger partial charge in [0.2, 0.25) is 5.52 Å². The van der Waals surface area contributed by atoms with E-state index >= 15 is 0 Å². The van der Waals surface area contributed by atoms with Crippen molar-refractivity contribution in [3.05, 3.63) is 22.2 Å². The van der Waals surface area contributed by atoms with Crippen molar-refractivity contribution in [1.82, 2.24) is 10.3 Å². The van der Waals surface area contributed by atoms with Gasteiger partial charge in [-0.1, -0.05) is 0 Å². The zero-order valence-electron chi connectivity index (χ0n) is 9.87. The molecule has 0 aliphatic carbocycles. The highest BCUT2D eigenvalue weighted by atomic mass is 16.6. The molecule has 0 fully saturated rings. The molecule has 2 rings (SSSR count). The fourth-order valence-electron chi connectivity index (χ4n) is 1.85. The molecule has 96 valence electrons. The van der Waals surface area contributed by atoms with Gasteiger partial charge in [0.1, 0.15) is 0 Å². The molecule has 0 radical (unpaired) electrons. The Morgan fingerprint density at radius 1 is 1.44 bits per heavy atom. The Labute approximate surface area is 102 Å². The third-order valence-electron chi connectivity index (χ3n) is 2.69. The third kappa shape index (κ3) is 1.97. The zero-order chi connectivity index (χ0) is 13.1. The first-order chi connectivity index (χ1) is 8.69. The molecule has 0 bridgehead atoms. The molecular weight excluding hydrogens is 238 g/mol. The molecule has 18 heavy (non-hydrogen) atoms. The molecule has 2 aromatic rings. The second kappa shape index (κ2) is 4.96. The number of nitrogens with two attached hydrogens (primary N) is 1. The van der Waals surface area contributed by atoms with Crippen LogP contribution in [0.2, 0.25) is 0 Å². The van der Waals surface area contributed by atoms with Crippen LogP contribution in [0.15, 0.2) is 16.8 Å². The van der Waals surface area contributed by atoms with Crippen molar-refractivity contribution in [2.45, 2.75) is 6.92 Å². The molecule has 8 heteroatoms. The van der Waals surface area contributed by atoms with Crippen molar-refractivity contribution in [2.24, 2.45) is 5.73 Å². The molecule has 0 amide bonds. The summed E-state index contributed by atoms with van der Waals surface area (Å²) in [7, 11) is 0. The molecule has 1 heterocycles. The van der Waals surface area contributed by atoms with Crippen molar-refractivity contribution in [3.63, 3.8) is 0 Å². The van der Waals surface area contributed by atoms with Gasteiger partial charge in [-0.2, -0.15) is 0 Å². The van der Waals surface area contributed by atoms with Gasteiger partial charge in [-0.15, -0.1) is 0 Å². The number of hydrogen-bond donors (Lipinski definition) is 1. The van der Waals surface area contributed by atoms with Crippen LogP contribution in [0, 0.1) is 10.1 Å². The average Bonchev–Trinajstić information content (AvgIpc) is 2.83. The number of aromatic nitrogens is 2. The Morgan fingerprint density at radius 2 is 2.17 bits per heavy atom. The lowest BCUT2D eigenvalue weighted by Gasteiger charge is -2.21. The topological polar surface area (TPSA) is 111 Å². The Morgan fingerprint density at radius 3 is 2.78 bits per heavy atom. The zero-order valence-corrected chi connectivity index (χ0v) is 9.87. The van der Waals surface area contributed by atoms with E-state index in [1.807, 2.05) is 11.8 Å². The van der Waals surface area contributed by atoms with E-state index < -0.39 is 4.92 Å². The summed E-state index contributed by atoms with van der Waals surface area (Å²) in [5.41, 5.74) is 6.71. The fraction of sp³-hybridized carbons (Fsp3) is 0.400. The van der Waals surface area contributed by atoms with Crippen LogP contribution in [0.3, 0.4) is 0 Å². The van der Waals surface area contributed by atoms with Gasteiger partial charge in [-0.3, -0.25) is 10.1 Å². The molecule has 0 aliphatic heterocycles. The summed E-state index contributed by atoms with van der Waals surface area (Å²) in [5.74, 6) is 0. The van der Waals surface area contributed by atoms with Crippen LogP contribution in [-0.2, 0) is 0 Å². The molecule has 0 aliphatic rings. The molecule has 1 aromatic carbocycles. The summed E-state index contributed by atoms with van der Waals surface area (Å²) in [6, 6.07) is 3.05. The van der Waals surface area contributed by atoms with Gasteiger partial charge >= 0.3 is 5.69 Å². The van der Waals surface area contributed by atoms with Crippen LogP contribution in [-0.4, -0.2) is 34.9 Å². The van der Waals surface area contributed by atoms with Crippen molar-refractivity contribution < 1.29 is 9.55 Å². The number of non-ortho nitro benzene ring substituents is 1. The normalized spacial score (nSPS) is 10.8. The van der Waals surface area contributed by atoms with Gasteiger partial charge in [0.05, 0.1) is 10.6 Å². The van der Waals surface area contributed by atoms with Crippen LogP contribution in [0.1, 0.15) is 6.92 Å². The molecule has 0 saturated heterocycles. The van der Waals surface area contributed by atoms with Gasteiger partial charge < -0.3 is 10.6 Å². The largest absolute Gasteiger partial charge is 0.369 e. The average molecular weight is 251 g/mol. The van der Waals surface area contributed by atoms with Gasteiger partial charge in [-0.25, -0.2) is 4.63 Å². The lowest BCUT2D eigenvalue weighted by molar-refractivity contribution is -0.383. The number of hydrogen-bond acceptors (Lipinski definition) is 7. The third-order valence-corrected chi connectivity index (χ3v) is 2.69. The van der Waals surface area contributed by atoms with E-state index in [9.17, 15) is 10.1 Å². The molecule has 0 unspecified atom stereocenters. The number of fused-ring (bicyclic) bond motifs is 1. The second-order valence-electron chi connectivity index (χ2n) is 3.69. The van der Waals surface area contributed by atoms with E-state index in [4.69, 9.17) is 5.73 Å². The Balaban J connectivity index is 2.56. The monoisotopic (exact) mass is 251 g/mol. The summed E-state index contributed by atoms with van der Waals surface area (Å²) >= 11 is 0. The highest BCUT2D eigenvalue weighted by Crippen LogP contribution is 2.30. The predicted octanol–water partition coefficient (Wildman–Crippen LogP) is 0.916. The van der Waals surface area contributed by atoms with E-state index in [0.29, 0.717) is 18.6 Å². The number of likely N-dealkylation sites (N-methyl/N-ethyl adjacent to an activating group) is 1. The van der Waals surface area contributed by atoms with Gasteiger partial charge in [0.15, 0.2) is 5.52 Å². The second-order valence-corrected chi connectivity index (χ2v) is 3.69. The minimum atomic E-state index is -0.504. The summed E-state index contributed by atoms with van der Waals surface area (Å²) in [6.07, 6.45) is 0. The molecule has 2 N–H and O–H groups in total. The molecule has 8 nitrogen and oxygen atoms in total. The van der Waals surface area contributed by atoms with Crippen molar-refractivity contribution in [3.8, 4) is 0 Å². The maximum atomic E-state index is 10.9. The smallest absolute Gasteiger partial charge is 0.300 e. The minimum Gasteiger partial charge on any atom is -0.369 e. The number of nitrogens with zero attached hydrogens (tertiary/aromatic N) is 4. The maximum Gasteiger partial charge on any atom is 0.300 e. The van der Waals surface area contributed by atoms with E-state index in [2.05, 4.69) is 14.9 Å². The lowest BCUT2D eigenvalue weighted by atomic mass is 10.2. The van der Waals surface area contributed by atoms with Crippen LogP contribution >= 0.6 is 0 Å². The van der Waals surface area contributed by atoms with Gasteiger partial charge in [0.25, 0.3) is 0 Å². The van der Waals surface area contributed by atoms with Crippen LogP contribution < -0.4 is 10.6 Å². The molecule has 0 saturated carbocycles. The highest BCUT2D eigenvalue weighted by Gasteiger charge is 2.21. The predicted molar refractivity (Wildman–Crippen MR) is 65.4 cm³/mol. The number of benzene rings is 1. The summed E-state index contributed by atoms with van der Waals surface area (Å²) in [4.78, 5) is 12.3. The number of nitro benzene ring substituents is 1. The van der Waals surface area contributed by atoms with Crippen LogP contribution in [0.4, 0.5) is 11.4 Å². The summed E-state index contributed by atoms with van der Waals surface area (Å²) < 4.78 is 4.61. The Kier molecular flexibility index (Phi) is 3.38. The maximum absolute atomic E-state index is 10.9. The van der Waals surface area contributed by atoms with Crippen molar-refractivity contribution in [2.75, 3.05) is 24.5 Å². The van der Waals surface area contributed by atoms with E-state index in [-0.39, 0.29) is 11.2 Å². The summed E-state index contributed by atoms with van der Waals surface area (Å²) in [6.45, 7) is 3.81. The first-order valence-electron chi connectivity index (χ1n) is 5.53. The number of anilines is 1. The fourth-order valence-corrected chi connectivity index (χ4v) is 1.85. The highest BCUT2D eigenvalue weighted by molar-refractivity contribution is 5.93. The molecule has 0 spiro atoms. The van der Waals surface area contributed by atoms with Gasteiger partial charge in [-0.05, 0) is 23.3 Å². The van der Waals surface area contributed by atoms with E-state index in [0.717, 1.165) is 12.2 Å². The Bertz CT molecular complexity index is 568. The molecular formula is C10H13N5O3. The van der Waals surface area contributed by atoms with E-state index in [1.165, 1.54) is 6.07 Å². The molecule has 0 atom stereocenters. The standard InChI is InChI=1S/C10H13N5O3/c1-2-14(6-5-11)7-3-4-8(15(16)17)10-9(7)12-18-13-10/h3-4H,2,5-6,11H2,1H3. The first kappa shape index (κ1) is 12.2. The summed E-state index contributed by atoms with van der Waals surface area (Å²) in [5, 5.41) is 18.2. The SMILES string of the molecule is CCN(CCN)c1ccc([N+](=O)[O-])c2nonc12. The lowest BCUT2D eigenvalue weighted by Crippen LogP contribution is -2.29. The van der Waals surface area contributed by atoms with Crippen molar-refractivity contribution in [1.29, 1.82) is 0 Å². The van der Waals surface area contributed by atoms with E-state index in [1.54, 1.807) is 6.07 Å². The number of rotatable bonds is 5. The number of nitro groups is 1.